The summed E-state index contributed by atoms with van der Waals surface area (Å²) in [6.07, 6.45) is 0.788. The van der Waals surface area contributed by atoms with Crippen LogP contribution in [0.3, 0.4) is 0 Å². The number of rotatable bonds is 4. The van der Waals surface area contributed by atoms with Crippen LogP contribution in [0.2, 0.25) is 0 Å². The average Bonchev–Trinajstić information content (AvgIpc) is 2.44. The lowest BCUT2D eigenvalue weighted by Crippen LogP contribution is -2.20. The molecular formula is C16H22N4. The van der Waals surface area contributed by atoms with Gasteiger partial charge in [0.25, 0.3) is 0 Å². The molecule has 2 aromatic rings. The van der Waals surface area contributed by atoms with Crippen molar-refractivity contribution in [2.24, 2.45) is 0 Å². The molecule has 0 bridgehead atoms. The zero-order valence-electron chi connectivity index (χ0n) is 12.6. The Kier molecular flexibility index (Phi) is 4.23. The Labute approximate surface area is 120 Å². The summed E-state index contributed by atoms with van der Waals surface area (Å²) in [5, 5.41) is 0. The molecule has 0 amide bonds. The monoisotopic (exact) mass is 270 g/mol. The quantitative estimate of drug-likeness (QED) is 0.928. The molecule has 0 saturated heterocycles. The molecule has 4 nitrogen and oxygen atoms in total. The molecule has 0 aliphatic rings. The van der Waals surface area contributed by atoms with Gasteiger partial charge in [-0.1, -0.05) is 36.8 Å². The van der Waals surface area contributed by atoms with Gasteiger partial charge in [0.2, 0.25) is 0 Å². The van der Waals surface area contributed by atoms with Crippen molar-refractivity contribution < 1.29 is 0 Å². The first kappa shape index (κ1) is 14.3. The molecule has 0 aliphatic heterocycles. The second-order valence-corrected chi connectivity index (χ2v) is 5.17. The number of benzene rings is 1. The van der Waals surface area contributed by atoms with Crippen molar-refractivity contribution in [3.63, 3.8) is 0 Å². The number of hydrogen-bond acceptors (Lipinski definition) is 4. The minimum atomic E-state index is 0.572. The second-order valence-electron chi connectivity index (χ2n) is 5.17. The van der Waals surface area contributed by atoms with Gasteiger partial charge in [-0.25, -0.2) is 9.97 Å². The van der Waals surface area contributed by atoms with Gasteiger partial charge in [0, 0.05) is 25.6 Å². The van der Waals surface area contributed by atoms with Crippen LogP contribution in [0, 0.1) is 13.8 Å². The normalized spacial score (nSPS) is 10.6. The number of nitrogens with two attached hydrogens (primary N) is 1. The number of hydrogen-bond donors (Lipinski definition) is 1. The van der Waals surface area contributed by atoms with Crippen LogP contribution in [0.15, 0.2) is 24.3 Å². The van der Waals surface area contributed by atoms with Crippen LogP contribution in [0.1, 0.15) is 29.4 Å². The first-order valence-corrected chi connectivity index (χ1v) is 6.91. The summed E-state index contributed by atoms with van der Waals surface area (Å²) >= 11 is 0. The number of aromatic nitrogens is 2. The molecule has 0 aliphatic carbocycles. The van der Waals surface area contributed by atoms with Crippen LogP contribution in [0.5, 0.6) is 0 Å². The third-order valence-electron chi connectivity index (χ3n) is 3.42. The Hall–Kier alpha value is -2.10. The third kappa shape index (κ3) is 3.07. The molecule has 20 heavy (non-hydrogen) atoms. The summed E-state index contributed by atoms with van der Waals surface area (Å²) in [5.74, 6) is 2.27. The zero-order valence-corrected chi connectivity index (χ0v) is 12.6. The average molecular weight is 270 g/mol. The fourth-order valence-corrected chi connectivity index (χ4v) is 2.14. The van der Waals surface area contributed by atoms with Gasteiger partial charge < -0.3 is 10.6 Å². The predicted octanol–water partition coefficient (Wildman–Crippen LogP) is 2.87. The number of nitrogens with zero attached hydrogens (tertiary/aromatic N) is 3. The van der Waals surface area contributed by atoms with E-state index in [4.69, 9.17) is 5.73 Å². The molecule has 106 valence electrons. The van der Waals surface area contributed by atoms with Crippen molar-refractivity contribution in [3.05, 3.63) is 46.8 Å². The first-order valence-electron chi connectivity index (χ1n) is 6.91. The van der Waals surface area contributed by atoms with Crippen LogP contribution in [-0.4, -0.2) is 17.0 Å². The van der Waals surface area contributed by atoms with E-state index in [1.165, 1.54) is 11.1 Å². The fraction of sp³-hybridized carbons (Fsp3) is 0.375. The van der Waals surface area contributed by atoms with E-state index < -0.39 is 0 Å². The minimum absolute atomic E-state index is 0.572. The zero-order chi connectivity index (χ0) is 14.7. The van der Waals surface area contributed by atoms with Gasteiger partial charge in [0.1, 0.15) is 17.5 Å². The fourth-order valence-electron chi connectivity index (χ4n) is 2.14. The highest BCUT2D eigenvalue weighted by Crippen LogP contribution is 2.22. The lowest BCUT2D eigenvalue weighted by atomic mass is 10.1. The van der Waals surface area contributed by atoms with E-state index in [9.17, 15) is 0 Å². The van der Waals surface area contributed by atoms with Crippen LogP contribution in [0.25, 0.3) is 0 Å². The van der Waals surface area contributed by atoms with Crippen molar-refractivity contribution in [1.29, 1.82) is 0 Å². The molecule has 1 heterocycles. The molecular weight excluding hydrogens is 248 g/mol. The summed E-state index contributed by atoms with van der Waals surface area (Å²) in [5.41, 5.74) is 9.44. The maximum Gasteiger partial charge on any atom is 0.137 e. The van der Waals surface area contributed by atoms with Crippen LogP contribution < -0.4 is 10.6 Å². The third-order valence-corrected chi connectivity index (χ3v) is 3.42. The molecule has 0 fully saturated rings. The Balaban J connectivity index is 2.26. The predicted molar refractivity (Wildman–Crippen MR) is 83.8 cm³/mol. The molecule has 2 N–H and O–H groups in total. The Bertz CT molecular complexity index is 590. The largest absolute Gasteiger partial charge is 0.383 e. The Morgan fingerprint density at radius 2 is 1.75 bits per heavy atom. The van der Waals surface area contributed by atoms with Crippen LogP contribution in [0.4, 0.5) is 11.6 Å². The van der Waals surface area contributed by atoms with Gasteiger partial charge >= 0.3 is 0 Å². The number of nitrogen functional groups attached to an aromatic ring is 1. The molecule has 0 radical (unpaired) electrons. The van der Waals surface area contributed by atoms with Crippen molar-refractivity contribution in [2.75, 3.05) is 17.7 Å². The molecule has 4 heteroatoms. The number of anilines is 2. The van der Waals surface area contributed by atoms with Crippen molar-refractivity contribution in [2.45, 2.75) is 33.7 Å². The minimum Gasteiger partial charge on any atom is -0.383 e. The summed E-state index contributed by atoms with van der Waals surface area (Å²) in [6.45, 7) is 6.90. The molecule has 1 aromatic carbocycles. The SMILES string of the molecule is CCc1nc(N)c(C)c(N(C)Cc2ccc(C)cc2)n1. The lowest BCUT2D eigenvalue weighted by Gasteiger charge is -2.21. The van der Waals surface area contributed by atoms with Gasteiger partial charge in [-0.05, 0) is 19.4 Å². The topological polar surface area (TPSA) is 55.0 Å². The molecule has 0 atom stereocenters. The molecule has 0 saturated carbocycles. The van der Waals surface area contributed by atoms with Gasteiger partial charge in [-0.15, -0.1) is 0 Å². The highest BCUT2D eigenvalue weighted by molar-refractivity contribution is 5.56. The smallest absolute Gasteiger partial charge is 0.137 e. The van der Waals surface area contributed by atoms with E-state index in [0.717, 1.165) is 30.2 Å². The van der Waals surface area contributed by atoms with Gasteiger partial charge in [-0.2, -0.15) is 0 Å². The lowest BCUT2D eigenvalue weighted by molar-refractivity contribution is 0.852. The summed E-state index contributed by atoms with van der Waals surface area (Å²) in [6, 6.07) is 8.54. The van der Waals surface area contributed by atoms with Crippen molar-refractivity contribution >= 4 is 11.6 Å². The van der Waals surface area contributed by atoms with Gasteiger partial charge in [-0.3, -0.25) is 0 Å². The molecule has 0 unspecified atom stereocenters. The van der Waals surface area contributed by atoms with E-state index in [1.54, 1.807) is 0 Å². The van der Waals surface area contributed by atoms with Crippen LogP contribution in [-0.2, 0) is 13.0 Å². The second kappa shape index (κ2) is 5.90. The van der Waals surface area contributed by atoms with E-state index in [-0.39, 0.29) is 0 Å². The summed E-state index contributed by atoms with van der Waals surface area (Å²) < 4.78 is 0. The maximum atomic E-state index is 5.97. The highest BCUT2D eigenvalue weighted by atomic mass is 15.2. The Morgan fingerprint density at radius 3 is 2.35 bits per heavy atom. The van der Waals surface area contributed by atoms with E-state index in [1.807, 2.05) is 20.9 Å². The maximum absolute atomic E-state index is 5.97. The van der Waals surface area contributed by atoms with Crippen molar-refractivity contribution in [3.8, 4) is 0 Å². The first-order chi connectivity index (χ1) is 9.51. The van der Waals surface area contributed by atoms with E-state index in [2.05, 4.69) is 46.1 Å². The van der Waals surface area contributed by atoms with Crippen molar-refractivity contribution in [1.82, 2.24) is 9.97 Å². The van der Waals surface area contributed by atoms with Gasteiger partial charge in [0.05, 0.1) is 0 Å². The van der Waals surface area contributed by atoms with E-state index >= 15 is 0 Å². The molecule has 0 spiro atoms. The van der Waals surface area contributed by atoms with Crippen LogP contribution >= 0.6 is 0 Å². The standard InChI is InChI=1S/C16H22N4/c1-5-14-18-15(17)12(3)16(19-14)20(4)10-13-8-6-11(2)7-9-13/h6-9H,5,10H2,1-4H3,(H2,17,18,19). The van der Waals surface area contributed by atoms with Gasteiger partial charge in [0.15, 0.2) is 0 Å². The number of aryl methyl sites for hydroxylation is 2. The Morgan fingerprint density at radius 1 is 1.10 bits per heavy atom. The molecule has 2 rings (SSSR count). The highest BCUT2D eigenvalue weighted by Gasteiger charge is 2.12. The molecule has 1 aromatic heterocycles. The van der Waals surface area contributed by atoms with E-state index in [0.29, 0.717) is 5.82 Å². The summed E-state index contributed by atoms with van der Waals surface area (Å²) in [4.78, 5) is 11.0. The summed E-state index contributed by atoms with van der Waals surface area (Å²) in [7, 11) is 2.04.